The molecule has 0 saturated carbocycles. The van der Waals surface area contributed by atoms with E-state index in [2.05, 4.69) is 170 Å². The van der Waals surface area contributed by atoms with Crippen molar-refractivity contribution < 1.29 is 4.74 Å². The van der Waals surface area contributed by atoms with Crippen LogP contribution in [0, 0.1) is 0 Å². The van der Waals surface area contributed by atoms with Gasteiger partial charge in [-0.2, -0.15) is 0 Å². The number of nitrogens with zero attached hydrogens (tertiary/aromatic N) is 3. The van der Waals surface area contributed by atoms with Crippen molar-refractivity contribution in [2.24, 2.45) is 0 Å². The van der Waals surface area contributed by atoms with Crippen LogP contribution in [0.15, 0.2) is 176 Å². The van der Waals surface area contributed by atoms with Gasteiger partial charge in [-0.05, 0) is 74.1 Å². The highest BCUT2D eigenvalue weighted by Crippen LogP contribution is 2.51. The first kappa shape index (κ1) is 29.3. The van der Waals surface area contributed by atoms with Gasteiger partial charge in [-0.1, -0.05) is 146 Å². The Morgan fingerprint density at radius 1 is 0.412 bits per heavy atom. The van der Waals surface area contributed by atoms with Crippen molar-refractivity contribution >= 4 is 32.7 Å². The number of allylic oxidation sites excluding steroid dienone is 2. The van der Waals surface area contributed by atoms with E-state index in [-0.39, 0.29) is 12.0 Å². The van der Waals surface area contributed by atoms with E-state index in [1.165, 1.54) is 16.3 Å². The molecule has 2 aliphatic rings. The van der Waals surface area contributed by atoms with Crippen molar-refractivity contribution in [3.63, 3.8) is 0 Å². The zero-order chi connectivity index (χ0) is 33.7. The lowest BCUT2D eigenvalue weighted by atomic mass is 9.79. The summed E-state index contributed by atoms with van der Waals surface area (Å²) in [6.07, 6.45) is 4.21. The molecular weight excluding hydrogens is 623 g/mol. The summed E-state index contributed by atoms with van der Waals surface area (Å²) in [4.78, 5) is 15.9. The van der Waals surface area contributed by atoms with E-state index in [1.54, 1.807) is 0 Å². The van der Waals surface area contributed by atoms with Crippen molar-refractivity contribution in [1.29, 1.82) is 0 Å². The van der Waals surface area contributed by atoms with Gasteiger partial charge in [0.05, 0.1) is 5.92 Å². The predicted molar refractivity (Wildman–Crippen MR) is 207 cm³/mol. The Hall–Kier alpha value is -6.65. The number of hydrogen-bond donors (Lipinski definition) is 0. The molecule has 0 spiro atoms. The van der Waals surface area contributed by atoms with Crippen LogP contribution in [0.1, 0.15) is 22.9 Å². The van der Waals surface area contributed by atoms with Gasteiger partial charge in [-0.25, -0.2) is 15.0 Å². The Kier molecular flexibility index (Phi) is 6.91. The Morgan fingerprint density at radius 3 is 1.69 bits per heavy atom. The van der Waals surface area contributed by atoms with E-state index < -0.39 is 0 Å². The minimum absolute atomic E-state index is 0.0992. The van der Waals surface area contributed by atoms with E-state index in [0.29, 0.717) is 17.5 Å². The maximum Gasteiger partial charge on any atom is 0.164 e. The molecule has 4 nitrogen and oxygen atoms in total. The molecule has 2 heterocycles. The smallest absolute Gasteiger partial charge is 0.164 e. The van der Waals surface area contributed by atoms with Crippen LogP contribution in [0.2, 0.25) is 0 Å². The maximum absolute atomic E-state index is 6.57. The number of fused-ring (bicyclic) bond motifs is 5. The number of para-hydroxylation sites is 1. The molecule has 0 bridgehead atoms. The Bertz CT molecular complexity index is 2600. The topological polar surface area (TPSA) is 47.9 Å². The minimum atomic E-state index is -0.177. The monoisotopic (exact) mass is 653 g/mol. The summed E-state index contributed by atoms with van der Waals surface area (Å²) < 4.78 is 6.57. The summed E-state index contributed by atoms with van der Waals surface area (Å²) >= 11 is 0. The van der Waals surface area contributed by atoms with Gasteiger partial charge in [-0.3, -0.25) is 0 Å². The molecule has 2 atom stereocenters. The van der Waals surface area contributed by atoms with Crippen LogP contribution in [-0.2, 0) is 0 Å². The molecule has 0 radical (unpaired) electrons. The van der Waals surface area contributed by atoms with E-state index in [9.17, 15) is 0 Å². The van der Waals surface area contributed by atoms with E-state index >= 15 is 0 Å². The van der Waals surface area contributed by atoms with E-state index in [4.69, 9.17) is 19.7 Å². The molecule has 1 aliphatic heterocycles. The first-order chi connectivity index (χ1) is 25.2. The van der Waals surface area contributed by atoms with Crippen LogP contribution >= 0.6 is 0 Å². The highest BCUT2D eigenvalue weighted by Gasteiger charge is 2.40. The van der Waals surface area contributed by atoms with Crippen molar-refractivity contribution in [1.82, 2.24) is 15.0 Å². The Labute approximate surface area is 296 Å². The normalized spacial score (nSPS) is 16.2. The first-order valence-corrected chi connectivity index (χ1v) is 17.3. The van der Waals surface area contributed by atoms with Crippen molar-refractivity contribution in [2.75, 3.05) is 0 Å². The predicted octanol–water partition coefficient (Wildman–Crippen LogP) is 11.2. The quantitative estimate of drug-likeness (QED) is 0.185. The van der Waals surface area contributed by atoms with Crippen LogP contribution in [-0.4, -0.2) is 21.1 Å². The van der Waals surface area contributed by atoms with Crippen LogP contribution in [0.5, 0.6) is 5.75 Å². The van der Waals surface area contributed by atoms with Gasteiger partial charge in [0.2, 0.25) is 0 Å². The summed E-state index contributed by atoms with van der Waals surface area (Å²) in [5.41, 5.74) is 8.56. The molecule has 51 heavy (non-hydrogen) atoms. The van der Waals surface area contributed by atoms with E-state index in [1.807, 2.05) is 6.07 Å². The molecule has 2 unspecified atom stereocenters. The molecule has 8 aromatic rings. The number of aromatic nitrogens is 3. The molecule has 0 N–H and O–H groups in total. The lowest BCUT2D eigenvalue weighted by Crippen LogP contribution is -2.22. The third-order valence-corrected chi connectivity index (χ3v) is 10.1. The van der Waals surface area contributed by atoms with Crippen molar-refractivity contribution in [2.45, 2.75) is 12.0 Å². The minimum Gasteiger partial charge on any atom is -0.485 e. The molecule has 1 aliphatic carbocycles. The van der Waals surface area contributed by atoms with Crippen LogP contribution in [0.25, 0.3) is 66.6 Å². The maximum atomic E-state index is 6.57. The van der Waals surface area contributed by atoms with Gasteiger partial charge in [-0.15, -0.1) is 0 Å². The average molecular weight is 654 g/mol. The second-order valence-electron chi connectivity index (χ2n) is 13.2. The molecule has 0 saturated heterocycles. The molecule has 7 aromatic carbocycles. The van der Waals surface area contributed by atoms with Gasteiger partial charge < -0.3 is 4.74 Å². The fourth-order valence-corrected chi connectivity index (χ4v) is 7.57. The molecule has 4 heteroatoms. The largest absolute Gasteiger partial charge is 0.485 e. The van der Waals surface area contributed by atoms with Gasteiger partial charge in [0, 0.05) is 22.3 Å². The summed E-state index contributed by atoms with van der Waals surface area (Å²) in [5, 5.41) is 4.63. The second-order valence-corrected chi connectivity index (χ2v) is 13.2. The Morgan fingerprint density at radius 2 is 0.980 bits per heavy atom. The second kappa shape index (κ2) is 12.0. The van der Waals surface area contributed by atoms with Crippen LogP contribution in [0.3, 0.4) is 0 Å². The molecule has 0 amide bonds. The summed E-state index contributed by atoms with van der Waals surface area (Å²) in [6, 6.07) is 57.3. The fourth-order valence-electron chi connectivity index (χ4n) is 7.57. The molecular formula is C47H31N3O. The Balaban J connectivity index is 1.24. The zero-order valence-electron chi connectivity index (χ0n) is 27.6. The van der Waals surface area contributed by atoms with Crippen molar-refractivity contribution in [3.8, 4) is 39.7 Å². The summed E-state index contributed by atoms with van der Waals surface area (Å²) in [7, 11) is 0. The van der Waals surface area contributed by atoms with Gasteiger partial charge in [0.25, 0.3) is 0 Å². The number of rotatable bonds is 5. The molecule has 240 valence electrons. The van der Waals surface area contributed by atoms with Gasteiger partial charge in [0.1, 0.15) is 11.9 Å². The average Bonchev–Trinajstić information content (AvgIpc) is 3.59. The van der Waals surface area contributed by atoms with E-state index in [0.717, 1.165) is 55.5 Å². The van der Waals surface area contributed by atoms with Gasteiger partial charge in [0.15, 0.2) is 17.5 Å². The van der Waals surface area contributed by atoms with Crippen LogP contribution < -0.4 is 4.74 Å². The van der Waals surface area contributed by atoms with Gasteiger partial charge >= 0.3 is 0 Å². The fraction of sp³-hybridized carbons (Fsp3) is 0.0426. The number of ether oxygens (including phenoxy) is 1. The lowest BCUT2D eigenvalue weighted by molar-refractivity contribution is 0.271. The SMILES string of the molecule is C1=CC2Oc3ccccc3C2C(c2nc(-c3ccc4ccccc4c3)nc(-c3ccc4ccccc4c3)n2)=C1c1cccc(-c2ccccc2)c1. The molecule has 0 fully saturated rings. The summed E-state index contributed by atoms with van der Waals surface area (Å²) in [6.45, 7) is 0. The van der Waals surface area contributed by atoms with Crippen molar-refractivity contribution in [3.05, 3.63) is 193 Å². The highest BCUT2D eigenvalue weighted by molar-refractivity contribution is 6.00. The third-order valence-electron chi connectivity index (χ3n) is 10.1. The zero-order valence-corrected chi connectivity index (χ0v) is 27.6. The third kappa shape index (κ3) is 5.20. The standard InChI is InChI=1S/C47H31N3O/c1-2-11-30(12-3-1)35-17-10-18-36(27-35)39-25-26-42-43(40-19-8-9-20-41(40)51-42)44(39)47-49-45(37-23-21-31-13-4-6-15-33(31)28-37)48-46(50-47)38-24-22-32-14-5-7-16-34(32)29-38/h1-29,42-43H. The number of benzene rings is 7. The summed E-state index contributed by atoms with van der Waals surface area (Å²) in [5.74, 6) is 2.72. The number of hydrogen-bond acceptors (Lipinski definition) is 4. The molecule has 10 rings (SSSR count). The first-order valence-electron chi connectivity index (χ1n) is 17.3. The lowest BCUT2D eigenvalue weighted by Gasteiger charge is -2.26. The molecule has 1 aromatic heterocycles. The van der Waals surface area contributed by atoms with Crippen LogP contribution in [0.4, 0.5) is 0 Å². The highest BCUT2D eigenvalue weighted by atomic mass is 16.5.